The topological polar surface area (TPSA) is 47.6 Å². The van der Waals surface area contributed by atoms with Crippen molar-refractivity contribution >= 4 is 5.91 Å². The van der Waals surface area contributed by atoms with Gasteiger partial charge in [-0.2, -0.15) is 13.2 Å². The minimum Gasteiger partial charge on any atom is -0.493 e. The monoisotopic (exact) mass is 319 g/mol. The first-order valence-electron chi connectivity index (χ1n) is 6.88. The summed E-state index contributed by atoms with van der Waals surface area (Å²) in [6.07, 6.45) is -3.59. The summed E-state index contributed by atoms with van der Waals surface area (Å²) in [6, 6.07) is 4.27. The van der Waals surface area contributed by atoms with E-state index in [1.165, 1.54) is 25.3 Å². The number of benzene rings is 1. The van der Waals surface area contributed by atoms with E-state index in [-0.39, 0.29) is 5.56 Å². The zero-order valence-corrected chi connectivity index (χ0v) is 12.8. The van der Waals surface area contributed by atoms with Crippen molar-refractivity contribution < 1.29 is 27.4 Å². The van der Waals surface area contributed by atoms with Gasteiger partial charge in [0, 0.05) is 5.56 Å². The van der Waals surface area contributed by atoms with Crippen LogP contribution in [0.25, 0.3) is 0 Å². The maximum absolute atomic E-state index is 12.1. The summed E-state index contributed by atoms with van der Waals surface area (Å²) in [5, 5.41) is 1.81. The lowest BCUT2D eigenvalue weighted by atomic mass is 10.1. The van der Waals surface area contributed by atoms with Gasteiger partial charge in [-0.05, 0) is 30.5 Å². The van der Waals surface area contributed by atoms with Crippen molar-refractivity contribution in [2.24, 2.45) is 5.92 Å². The van der Waals surface area contributed by atoms with Crippen molar-refractivity contribution in [3.05, 3.63) is 23.8 Å². The Morgan fingerprint density at radius 1 is 1.27 bits per heavy atom. The Morgan fingerprint density at radius 3 is 2.50 bits per heavy atom. The molecule has 22 heavy (non-hydrogen) atoms. The lowest BCUT2D eigenvalue weighted by molar-refractivity contribution is -0.123. The van der Waals surface area contributed by atoms with Gasteiger partial charge >= 0.3 is 6.18 Å². The quantitative estimate of drug-likeness (QED) is 0.838. The van der Waals surface area contributed by atoms with E-state index in [1.54, 1.807) is 0 Å². The van der Waals surface area contributed by atoms with Crippen LogP contribution in [0.15, 0.2) is 18.2 Å². The molecule has 1 amide bonds. The molecule has 1 aromatic rings. The maximum Gasteiger partial charge on any atom is 0.405 e. The average Bonchev–Trinajstić information content (AvgIpc) is 2.43. The third-order valence-electron chi connectivity index (χ3n) is 2.83. The van der Waals surface area contributed by atoms with Crippen LogP contribution in [-0.2, 0) is 0 Å². The molecule has 1 rings (SSSR count). The molecule has 0 aromatic heterocycles. The van der Waals surface area contributed by atoms with Crippen LogP contribution in [-0.4, -0.2) is 32.3 Å². The summed E-state index contributed by atoms with van der Waals surface area (Å²) in [7, 11) is 1.40. The Bertz CT molecular complexity index is 501. The van der Waals surface area contributed by atoms with Crippen LogP contribution in [0, 0.1) is 5.92 Å². The highest BCUT2D eigenvalue weighted by Gasteiger charge is 2.28. The first-order valence-corrected chi connectivity index (χ1v) is 6.88. The standard InChI is InChI=1S/C15H20F3NO3/c1-10(2)6-7-22-12-5-4-11(8-13(12)21-3)14(20)19-9-15(16,17)18/h4-5,8,10H,6-7,9H2,1-3H3,(H,19,20). The number of nitrogens with one attached hydrogen (secondary N) is 1. The minimum absolute atomic E-state index is 0.0808. The van der Waals surface area contributed by atoms with Crippen molar-refractivity contribution in [1.82, 2.24) is 5.32 Å². The summed E-state index contributed by atoms with van der Waals surface area (Å²) < 4.78 is 46.9. The van der Waals surface area contributed by atoms with Gasteiger partial charge in [-0.1, -0.05) is 13.8 Å². The van der Waals surface area contributed by atoms with E-state index in [2.05, 4.69) is 13.8 Å². The first kappa shape index (κ1) is 18.1. The Hall–Kier alpha value is -1.92. The van der Waals surface area contributed by atoms with Gasteiger partial charge in [0.15, 0.2) is 11.5 Å². The van der Waals surface area contributed by atoms with Gasteiger partial charge in [-0.3, -0.25) is 4.79 Å². The molecule has 0 radical (unpaired) electrons. The largest absolute Gasteiger partial charge is 0.493 e. The predicted octanol–water partition coefficient (Wildman–Crippen LogP) is 3.41. The number of carbonyl (C=O) groups is 1. The molecule has 0 saturated carbocycles. The number of ether oxygens (including phenoxy) is 2. The van der Waals surface area contributed by atoms with Crippen molar-refractivity contribution in [3.8, 4) is 11.5 Å². The molecule has 7 heteroatoms. The minimum atomic E-state index is -4.44. The molecule has 0 saturated heterocycles. The van der Waals surface area contributed by atoms with E-state index in [0.29, 0.717) is 24.0 Å². The molecule has 1 aromatic carbocycles. The fraction of sp³-hybridized carbons (Fsp3) is 0.533. The molecule has 1 N–H and O–H groups in total. The number of methoxy groups -OCH3 is 1. The van der Waals surface area contributed by atoms with E-state index >= 15 is 0 Å². The maximum atomic E-state index is 12.1. The van der Waals surface area contributed by atoms with Crippen LogP contribution in [0.3, 0.4) is 0 Å². The number of amides is 1. The molecule has 124 valence electrons. The van der Waals surface area contributed by atoms with Crippen LogP contribution in [0.2, 0.25) is 0 Å². The highest BCUT2D eigenvalue weighted by molar-refractivity contribution is 5.94. The third-order valence-corrected chi connectivity index (χ3v) is 2.83. The molecule has 4 nitrogen and oxygen atoms in total. The molecule has 0 atom stereocenters. The highest BCUT2D eigenvalue weighted by atomic mass is 19.4. The molecule has 0 heterocycles. The van der Waals surface area contributed by atoms with Crippen molar-refractivity contribution in [1.29, 1.82) is 0 Å². The van der Waals surface area contributed by atoms with Crippen LogP contribution < -0.4 is 14.8 Å². The van der Waals surface area contributed by atoms with Crippen LogP contribution in [0.5, 0.6) is 11.5 Å². The molecule has 0 aliphatic carbocycles. The molecular formula is C15H20F3NO3. The first-order chi connectivity index (χ1) is 10.2. The number of alkyl halides is 3. The summed E-state index contributed by atoms with van der Waals surface area (Å²) in [4.78, 5) is 11.7. The van der Waals surface area contributed by atoms with Gasteiger partial charge in [0.1, 0.15) is 6.54 Å². The second kappa shape index (κ2) is 7.91. The van der Waals surface area contributed by atoms with Gasteiger partial charge < -0.3 is 14.8 Å². The van der Waals surface area contributed by atoms with Crippen LogP contribution >= 0.6 is 0 Å². The highest BCUT2D eigenvalue weighted by Crippen LogP contribution is 2.28. The molecule has 0 unspecified atom stereocenters. The van der Waals surface area contributed by atoms with Gasteiger partial charge in [-0.15, -0.1) is 0 Å². The summed E-state index contributed by atoms with van der Waals surface area (Å²) in [5.41, 5.74) is 0.0808. The number of carbonyl (C=O) groups excluding carboxylic acids is 1. The SMILES string of the molecule is COc1cc(C(=O)NCC(F)(F)F)ccc1OCCC(C)C. The fourth-order valence-corrected chi connectivity index (χ4v) is 1.62. The smallest absolute Gasteiger partial charge is 0.405 e. The van der Waals surface area contributed by atoms with E-state index < -0.39 is 18.6 Å². The zero-order chi connectivity index (χ0) is 16.8. The molecular weight excluding hydrogens is 299 g/mol. The second-order valence-corrected chi connectivity index (χ2v) is 5.19. The Balaban J connectivity index is 2.73. The summed E-state index contributed by atoms with van der Waals surface area (Å²) in [5.74, 6) is 0.432. The lowest BCUT2D eigenvalue weighted by Crippen LogP contribution is -2.33. The second-order valence-electron chi connectivity index (χ2n) is 5.19. The molecule has 0 spiro atoms. The molecule has 0 bridgehead atoms. The Labute approximate surface area is 127 Å². The normalized spacial score (nSPS) is 11.4. The van der Waals surface area contributed by atoms with Crippen molar-refractivity contribution in [3.63, 3.8) is 0 Å². The number of rotatable bonds is 7. The van der Waals surface area contributed by atoms with E-state index in [4.69, 9.17) is 9.47 Å². The predicted molar refractivity (Wildman–Crippen MR) is 76.3 cm³/mol. The number of hydrogen-bond acceptors (Lipinski definition) is 3. The van der Waals surface area contributed by atoms with Gasteiger partial charge in [0.05, 0.1) is 13.7 Å². The molecule has 0 aliphatic heterocycles. The van der Waals surface area contributed by atoms with Gasteiger partial charge in [-0.25, -0.2) is 0 Å². The van der Waals surface area contributed by atoms with Gasteiger partial charge in [0.25, 0.3) is 5.91 Å². The average molecular weight is 319 g/mol. The van der Waals surface area contributed by atoms with E-state index in [0.717, 1.165) is 6.42 Å². The zero-order valence-electron chi connectivity index (χ0n) is 12.8. The van der Waals surface area contributed by atoms with E-state index in [9.17, 15) is 18.0 Å². The molecule has 0 aliphatic rings. The fourth-order valence-electron chi connectivity index (χ4n) is 1.62. The third kappa shape index (κ3) is 6.24. The van der Waals surface area contributed by atoms with Crippen LogP contribution in [0.1, 0.15) is 30.6 Å². The van der Waals surface area contributed by atoms with Crippen molar-refractivity contribution in [2.75, 3.05) is 20.3 Å². The lowest BCUT2D eigenvalue weighted by Gasteiger charge is -2.13. The summed E-state index contributed by atoms with van der Waals surface area (Å²) in [6.45, 7) is 3.25. The van der Waals surface area contributed by atoms with Crippen molar-refractivity contribution in [2.45, 2.75) is 26.4 Å². The van der Waals surface area contributed by atoms with Crippen LogP contribution in [0.4, 0.5) is 13.2 Å². The number of halogens is 3. The Morgan fingerprint density at radius 2 is 1.95 bits per heavy atom. The number of hydrogen-bond donors (Lipinski definition) is 1. The molecule has 0 fully saturated rings. The summed E-state index contributed by atoms with van der Waals surface area (Å²) >= 11 is 0. The Kier molecular flexibility index (Phi) is 6.52. The van der Waals surface area contributed by atoms with Gasteiger partial charge in [0.2, 0.25) is 0 Å². The van der Waals surface area contributed by atoms with E-state index in [1.807, 2.05) is 5.32 Å².